The number of hydrogen-bond acceptors (Lipinski definition) is 5. The minimum absolute atomic E-state index is 0.0462. The second-order valence-electron chi connectivity index (χ2n) is 5.60. The fraction of sp³-hybridized carbons (Fsp3) is 0.643. The van der Waals surface area contributed by atoms with Crippen LogP contribution in [0.1, 0.15) is 38.4 Å². The number of piperidine rings is 1. The first-order chi connectivity index (χ1) is 9.49. The van der Waals surface area contributed by atoms with Gasteiger partial charge in [-0.25, -0.2) is 9.97 Å². The van der Waals surface area contributed by atoms with E-state index in [9.17, 15) is 9.90 Å². The molecule has 6 nitrogen and oxygen atoms in total. The Morgan fingerprint density at radius 3 is 2.65 bits per heavy atom. The Balaban J connectivity index is 2.00. The molecule has 6 heteroatoms. The smallest absolute Gasteiger partial charge is 0.246 e. The average Bonchev–Trinajstić information content (AvgIpc) is 2.46. The molecule has 1 aromatic heterocycles. The minimum Gasteiger partial charge on any atom is -0.383 e. The predicted molar refractivity (Wildman–Crippen MR) is 76.3 cm³/mol. The summed E-state index contributed by atoms with van der Waals surface area (Å²) in [6.07, 6.45) is 2.23. The lowest BCUT2D eigenvalue weighted by Crippen LogP contribution is -2.43. The zero-order chi connectivity index (χ0) is 14.7. The molecule has 20 heavy (non-hydrogen) atoms. The molecule has 2 heterocycles. The molecule has 1 atom stereocenters. The number of hydrogen-bond donors (Lipinski definition) is 2. The highest BCUT2D eigenvalue weighted by molar-refractivity contribution is 5.78. The van der Waals surface area contributed by atoms with Gasteiger partial charge in [-0.1, -0.05) is 13.8 Å². The van der Waals surface area contributed by atoms with Gasteiger partial charge in [-0.05, 0) is 24.8 Å². The summed E-state index contributed by atoms with van der Waals surface area (Å²) in [6, 6.07) is 1.90. The third-order valence-electron chi connectivity index (χ3n) is 3.78. The number of rotatable bonds is 4. The van der Waals surface area contributed by atoms with Crippen LogP contribution in [-0.4, -0.2) is 40.2 Å². The normalized spacial score (nSPS) is 18.3. The van der Waals surface area contributed by atoms with Crippen molar-refractivity contribution in [3.8, 4) is 0 Å². The van der Waals surface area contributed by atoms with E-state index in [0.29, 0.717) is 5.92 Å². The standard InChI is InChI=1S/C14H22N4O2/c1-9(2)14-16-6-3-11(17-14)18-7-4-10(5-8-18)12(19)13(15)20/h3,6,9-10,12,19H,4-5,7-8H2,1-2H3,(H2,15,20). The lowest BCUT2D eigenvalue weighted by Gasteiger charge is -2.34. The first-order valence-corrected chi connectivity index (χ1v) is 7.04. The van der Waals surface area contributed by atoms with Crippen LogP contribution in [0.15, 0.2) is 12.3 Å². The Hall–Kier alpha value is -1.69. The van der Waals surface area contributed by atoms with Gasteiger partial charge < -0.3 is 15.7 Å². The first kappa shape index (κ1) is 14.7. The third kappa shape index (κ3) is 3.25. The topological polar surface area (TPSA) is 92.3 Å². The van der Waals surface area contributed by atoms with E-state index >= 15 is 0 Å². The van der Waals surface area contributed by atoms with Gasteiger partial charge >= 0.3 is 0 Å². The molecule has 110 valence electrons. The van der Waals surface area contributed by atoms with Crippen LogP contribution < -0.4 is 10.6 Å². The summed E-state index contributed by atoms with van der Waals surface area (Å²) in [6.45, 7) is 5.66. The number of aromatic nitrogens is 2. The Kier molecular flexibility index (Phi) is 4.54. The third-order valence-corrected chi connectivity index (χ3v) is 3.78. The van der Waals surface area contributed by atoms with Crippen molar-refractivity contribution in [1.29, 1.82) is 0 Å². The van der Waals surface area contributed by atoms with E-state index in [1.807, 2.05) is 6.07 Å². The molecular formula is C14H22N4O2. The molecule has 1 aromatic rings. The molecule has 0 radical (unpaired) electrons. The van der Waals surface area contributed by atoms with Crippen molar-refractivity contribution >= 4 is 11.7 Å². The van der Waals surface area contributed by atoms with Crippen molar-refractivity contribution < 1.29 is 9.90 Å². The fourth-order valence-electron chi connectivity index (χ4n) is 2.49. The van der Waals surface area contributed by atoms with E-state index in [4.69, 9.17) is 5.73 Å². The highest BCUT2D eigenvalue weighted by Crippen LogP contribution is 2.24. The Morgan fingerprint density at radius 1 is 1.45 bits per heavy atom. The number of nitrogens with two attached hydrogens (primary N) is 1. The van der Waals surface area contributed by atoms with Crippen LogP contribution in [-0.2, 0) is 4.79 Å². The molecule has 1 aliphatic heterocycles. The summed E-state index contributed by atoms with van der Waals surface area (Å²) in [5.74, 6) is 1.37. The molecule has 1 saturated heterocycles. The quantitative estimate of drug-likeness (QED) is 0.844. The number of aliphatic hydroxyl groups is 1. The van der Waals surface area contributed by atoms with Crippen LogP contribution >= 0.6 is 0 Å². The summed E-state index contributed by atoms with van der Waals surface area (Å²) in [4.78, 5) is 22.0. The average molecular weight is 278 g/mol. The summed E-state index contributed by atoms with van der Waals surface area (Å²) in [7, 11) is 0. The molecular weight excluding hydrogens is 256 g/mol. The lowest BCUT2D eigenvalue weighted by atomic mass is 9.91. The summed E-state index contributed by atoms with van der Waals surface area (Å²) < 4.78 is 0. The number of nitrogens with zero attached hydrogens (tertiary/aromatic N) is 3. The molecule has 1 fully saturated rings. The molecule has 1 amide bonds. The molecule has 0 bridgehead atoms. The number of carbonyl (C=O) groups is 1. The highest BCUT2D eigenvalue weighted by atomic mass is 16.3. The van der Waals surface area contributed by atoms with Crippen molar-refractivity contribution in [3.05, 3.63) is 18.1 Å². The zero-order valence-electron chi connectivity index (χ0n) is 12.0. The molecule has 3 N–H and O–H groups in total. The number of aliphatic hydroxyl groups excluding tert-OH is 1. The maximum atomic E-state index is 11.0. The van der Waals surface area contributed by atoms with Crippen molar-refractivity contribution in [2.24, 2.45) is 11.7 Å². The van der Waals surface area contributed by atoms with Crippen molar-refractivity contribution in [2.45, 2.75) is 38.7 Å². The Morgan fingerprint density at radius 2 is 2.10 bits per heavy atom. The largest absolute Gasteiger partial charge is 0.383 e. The van der Waals surface area contributed by atoms with Crippen LogP contribution in [0.3, 0.4) is 0 Å². The molecule has 0 aromatic carbocycles. The highest BCUT2D eigenvalue weighted by Gasteiger charge is 2.28. The van der Waals surface area contributed by atoms with Gasteiger partial charge in [-0.15, -0.1) is 0 Å². The van der Waals surface area contributed by atoms with Gasteiger partial charge in [0, 0.05) is 25.2 Å². The second-order valence-corrected chi connectivity index (χ2v) is 5.60. The van der Waals surface area contributed by atoms with E-state index < -0.39 is 12.0 Å². The minimum atomic E-state index is -1.03. The Labute approximate surface area is 119 Å². The van der Waals surface area contributed by atoms with Crippen LogP contribution in [0.4, 0.5) is 5.82 Å². The van der Waals surface area contributed by atoms with Crippen molar-refractivity contribution in [1.82, 2.24) is 9.97 Å². The number of anilines is 1. The number of carbonyl (C=O) groups excluding carboxylic acids is 1. The summed E-state index contributed by atoms with van der Waals surface area (Å²) in [5, 5.41) is 9.71. The van der Waals surface area contributed by atoms with E-state index in [0.717, 1.165) is 37.6 Å². The molecule has 0 spiro atoms. The maximum Gasteiger partial charge on any atom is 0.246 e. The van der Waals surface area contributed by atoms with Gasteiger partial charge in [0.25, 0.3) is 0 Å². The molecule has 2 rings (SSSR count). The fourth-order valence-corrected chi connectivity index (χ4v) is 2.49. The number of amides is 1. The summed E-state index contributed by atoms with van der Waals surface area (Å²) >= 11 is 0. The van der Waals surface area contributed by atoms with E-state index in [1.165, 1.54) is 0 Å². The molecule has 1 aliphatic rings. The van der Waals surface area contributed by atoms with Crippen molar-refractivity contribution in [2.75, 3.05) is 18.0 Å². The maximum absolute atomic E-state index is 11.0. The van der Waals surface area contributed by atoms with E-state index in [1.54, 1.807) is 6.20 Å². The molecule has 0 saturated carbocycles. The lowest BCUT2D eigenvalue weighted by molar-refractivity contribution is -0.129. The molecule has 1 unspecified atom stereocenters. The van der Waals surface area contributed by atoms with Crippen LogP contribution in [0, 0.1) is 5.92 Å². The van der Waals surface area contributed by atoms with Crippen LogP contribution in [0.25, 0.3) is 0 Å². The van der Waals surface area contributed by atoms with E-state index in [2.05, 4.69) is 28.7 Å². The Bertz CT molecular complexity index is 470. The van der Waals surface area contributed by atoms with Gasteiger partial charge in [0.2, 0.25) is 5.91 Å². The van der Waals surface area contributed by atoms with Gasteiger partial charge in [-0.3, -0.25) is 4.79 Å². The van der Waals surface area contributed by atoms with Gasteiger partial charge in [0.15, 0.2) is 0 Å². The van der Waals surface area contributed by atoms with Gasteiger partial charge in [-0.2, -0.15) is 0 Å². The number of primary amides is 1. The predicted octanol–water partition coefficient (Wildman–Crippen LogP) is 0.663. The SMILES string of the molecule is CC(C)c1nccc(N2CCC(C(O)C(N)=O)CC2)n1. The van der Waals surface area contributed by atoms with Crippen LogP contribution in [0.5, 0.6) is 0 Å². The van der Waals surface area contributed by atoms with Gasteiger partial charge in [0.05, 0.1) is 0 Å². The molecule has 0 aliphatic carbocycles. The zero-order valence-corrected chi connectivity index (χ0v) is 12.0. The second kappa shape index (κ2) is 6.17. The van der Waals surface area contributed by atoms with Crippen LogP contribution in [0.2, 0.25) is 0 Å². The van der Waals surface area contributed by atoms with E-state index in [-0.39, 0.29) is 5.92 Å². The van der Waals surface area contributed by atoms with Crippen molar-refractivity contribution in [3.63, 3.8) is 0 Å². The monoisotopic (exact) mass is 278 g/mol. The van der Waals surface area contributed by atoms with Gasteiger partial charge in [0.1, 0.15) is 17.7 Å². The first-order valence-electron chi connectivity index (χ1n) is 7.04. The summed E-state index contributed by atoms with van der Waals surface area (Å²) in [5.41, 5.74) is 5.14.